The molecule has 224 valence electrons. The smallest absolute Gasteiger partial charge is 0.422 e. The number of hydrogen-bond acceptors (Lipinski definition) is 2. The second-order valence-corrected chi connectivity index (χ2v) is 11.8. The Labute approximate surface area is 239 Å². The number of benzene rings is 3. The van der Waals surface area contributed by atoms with E-state index in [1.54, 1.807) is 12.1 Å². The van der Waals surface area contributed by atoms with Crippen molar-refractivity contribution in [1.29, 1.82) is 0 Å². The molecule has 0 amide bonds. The highest BCUT2D eigenvalue weighted by molar-refractivity contribution is 5.86. The van der Waals surface area contributed by atoms with Gasteiger partial charge in [0.2, 0.25) is 0 Å². The highest BCUT2D eigenvalue weighted by Crippen LogP contribution is 2.38. The third-order valence-corrected chi connectivity index (χ3v) is 7.86. The number of ether oxygens (including phenoxy) is 1. The lowest BCUT2D eigenvalue weighted by Gasteiger charge is -2.22. The summed E-state index contributed by atoms with van der Waals surface area (Å²) >= 11 is 0. The molecule has 10 heteroatoms. The van der Waals surface area contributed by atoms with E-state index in [2.05, 4.69) is 61.1 Å². The minimum atomic E-state index is -5.61. The number of halogens is 7. The van der Waals surface area contributed by atoms with E-state index in [1.165, 1.54) is 5.56 Å². The second kappa shape index (κ2) is 11.3. The maximum Gasteiger partial charge on any atom is 0.422 e. The van der Waals surface area contributed by atoms with E-state index >= 15 is 0 Å². The van der Waals surface area contributed by atoms with Gasteiger partial charge in [-0.15, -0.1) is 0 Å². The first-order chi connectivity index (χ1) is 19.8. The van der Waals surface area contributed by atoms with Gasteiger partial charge in [-0.3, -0.25) is 0 Å². The Morgan fingerprint density at radius 2 is 1.48 bits per heavy atom. The maximum atomic E-state index is 14.4. The van der Waals surface area contributed by atoms with Crippen molar-refractivity contribution in [2.45, 2.75) is 64.3 Å². The van der Waals surface area contributed by atoms with Crippen molar-refractivity contribution in [1.82, 2.24) is 9.88 Å². The minimum Gasteiger partial charge on any atom is -0.489 e. The summed E-state index contributed by atoms with van der Waals surface area (Å²) in [6.45, 7) is 7.73. The van der Waals surface area contributed by atoms with Gasteiger partial charge in [0.1, 0.15) is 17.9 Å². The SMILES string of the molecule is CC(C)(C)c1ccc(Cn2cc(C3CCNCC3)c3ccc(OCc4c(F)c(F)c(C(F)(F)F)c(F)c4F)cc32)cc1. The molecular weight excluding hydrogens is 561 g/mol. The van der Waals surface area contributed by atoms with Crippen molar-refractivity contribution < 1.29 is 35.5 Å². The first kappa shape index (κ1) is 29.9. The van der Waals surface area contributed by atoms with Crippen molar-refractivity contribution in [2.24, 2.45) is 0 Å². The number of piperidine rings is 1. The van der Waals surface area contributed by atoms with Gasteiger partial charge in [0.15, 0.2) is 23.3 Å². The molecule has 5 rings (SSSR count). The highest BCUT2D eigenvalue weighted by atomic mass is 19.4. The van der Waals surface area contributed by atoms with Crippen molar-refractivity contribution in [2.75, 3.05) is 13.1 Å². The van der Waals surface area contributed by atoms with Crippen LogP contribution < -0.4 is 10.1 Å². The molecule has 1 saturated heterocycles. The first-order valence-corrected chi connectivity index (χ1v) is 13.7. The molecule has 0 saturated carbocycles. The zero-order chi connectivity index (χ0) is 30.4. The van der Waals surface area contributed by atoms with Crippen LogP contribution in [0, 0.1) is 23.3 Å². The highest BCUT2D eigenvalue weighted by Gasteiger charge is 2.42. The summed E-state index contributed by atoms with van der Waals surface area (Å²) in [6, 6.07) is 13.4. The molecule has 1 fully saturated rings. The van der Waals surface area contributed by atoms with Crippen molar-refractivity contribution in [3.8, 4) is 5.75 Å². The number of rotatable bonds is 6. The van der Waals surface area contributed by atoms with Crippen LogP contribution in [0.2, 0.25) is 0 Å². The molecule has 2 heterocycles. The van der Waals surface area contributed by atoms with Crippen molar-refractivity contribution in [3.05, 3.63) is 99.7 Å². The Hall–Kier alpha value is -3.53. The van der Waals surface area contributed by atoms with Gasteiger partial charge in [0.05, 0.1) is 11.1 Å². The fraction of sp³-hybridized carbons (Fsp3) is 0.375. The number of aromatic nitrogens is 1. The lowest BCUT2D eigenvalue weighted by molar-refractivity contribution is -0.143. The topological polar surface area (TPSA) is 26.2 Å². The van der Waals surface area contributed by atoms with Gasteiger partial charge < -0.3 is 14.6 Å². The predicted molar refractivity (Wildman–Crippen MR) is 147 cm³/mol. The zero-order valence-corrected chi connectivity index (χ0v) is 23.4. The van der Waals surface area contributed by atoms with Crippen LogP contribution in [0.25, 0.3) is 10.9 Å². The van der Waals surface area contributed by atoms with E-state index < -0.39 is 47.2 Å². The van der Waals surface area contributed by atoms with Crippen molar-refractivity contribution in [3.63, 3.8) is 0 Å². The Morgan fingerprint density at radius 3 is 2.05 bits per heavy atom. The summed E-state index contributed by atoms with van der Waals surface area (Å²) < 4.78 is 103. The molecule has 4 aromatic rings. The molecule has 1 aliphatic heterocycles. The minimum absolute atomic E-state index is 0.00491. The van der Waals surface area contributed by atoms with Crippen LogP contribution in [-0.4, -0.2) is 17.7 Å². The number of fused-ring (bicyclic) bond motifs is 1. The van der Waals surface area contributed by atoms with E-state index in [-0.39, 0.29) is 11.2 Å². The normalized spacial score (nSPS) is 15.0. The van der Waals surface area contributed by atoms with E-state index in [9.17, 15) is 30.7 Å². The second-order valence-electron chi connectivity index (χ2n) is 11.8. The molecule has 3 nitrogen and oxygen atoms in total. The number of alkyl halides is 3. The largest absolute Gasteiger partial charge is 0.489 e. The van der Waals surface area contributed by atoms with E-state index in [0.717, 1.165) is 48.0 Å². The quantitative estimate of drug-likeness (QED) is 0.179. The average Bonchev–Trinajstić information content (AvgIpc) is 3.29. The van der Waals surface area contributed by atoms with Crippen LogP contribution in [-0.2, 0) is 24.7 Å². The Morgan fingerprint density at radius 1 is 0.857 bits per heavy atom. The molecule has 0 aliphatic carbocycles. The lowest BCUT2D eigenvalue weighted by atomic mass is 9.87. The third kappa shape index (κ3) is 5.86. The Bertz CT molecular complexity index is 1570. The standard InChI is InChI=1S/C32H31F7N2O/c1-31(2,3)20-6-4-18(5-7-20)15-41-16-23(19-10-12-40-13-11-19)22-9-8-21(14-25(22)41)42-17-24-27(33)29(35)26(32(37,38)39)30(36)28(24)34/h4-9,14,16,19,40H,10-13,15,17H2,1-3H3. The summed E-state index contributed by atoms with van der Waals surface area (Å²) in [4.78, 5) is 0. The average molecular weight is 593 g/mol. The van der Waals surface area contributed by atoms with Gasteiger partial charge in [-0.05, 0) is 66.1 Å². The number of nitrogens with one attached hydrogen (secondary N) is 1. The maximum absolute atomic E-state index is 14.4. The lowest BCUT2D eigenvalue weighted by Crippen LogP contribution is -2.26. The summed E-state index contributed by atoms with van der Waals surface area (Å²) in [5, 5.41) is 4.34. The van der Waals surface area contributed by atoms with Gasteiger partial charge in [-0.1, -0.05) is 45.0 Å². The molecule has 42 heavy (non-hydrogen) atoms. The zero-order valence-electron chi connectivity index (χ0n) is 23.4. The molecule has 0 unspecified atom stereocenters. The van der Waals surface area contributed by atoms with Gasteiger partial charge in [-0.25, -0.2) is 17.6 Å². The number of nitrogens with zero attached hydrogens (tertiary/aromatic N) is 1. The first-order valence-electron chi connectivity index (χ1n) is 13.7. The molecule has 0 radical (unpaired) electrons. The number of hydrogen-bond donors (Lipinski definition) is 1. The summed E-state index contributed by atoms with van der Waals surface area (Å²) in [5.74, 6) is -8.83. The Kier molecular flexibility index (Phi) is 8.04. The van der Waals surface area contributed by atoms with Crippen LogP contribution >= 0.6 is 0 Å². The van der Waals surface area contributed by atoms with Crippen LogP contribution in [0.4, 0.5) is 30.7 Å². The predicted octanol–water partition coefficient (Wildman–Crippen LogP) is 8.61. The van der Waals surface area contributed by atoms with Crippen LogP contribution in [0.3, 0.4) is 0 Å². The van der Waals surface area contributed by atoms with Crippen LogP contribution in [0.15, 0.2) is 48.7 Å². The molecular formula is C32H31F7N2O. The summed E-state index contributed by atoms with van der Waals surface area (Å²) in [6.07, 6.45) is -1.59. The summed E-state index contributed by atoms with van der Waals surface area (Å²) in [7, 11) is 0. The van der Waals surface area contributed by atoms with E-state index in [0.29, 0.717) is 12.5 Å². The monoisotopic (exact) mass is 592 g/mol. The van der Waals surface area contributed by atoms with Gasteiger partial charge >= 0.3 is 6.18 Å². The fourth-order valence-electron chi connectivity index (χ4n) is 5.49. The molecule has 1 aliphatic rings. The molecule has 0 bridgehead atoms. The third-order valence-electron chi connectivity index (χ3n) is 7.86. The fourth-order valence-corrected chi connectivity index (χ4v) is 5.49. The Balaban J connectivity index is 1.48. The molecule has 0 spiro atoms. The van der Waals surface area contributed by atoms with Gasteiger partial charge in [-0.2, -0.15) is 13.2 Å². The molecule has 1 N–H and O–H groups in total. The van der Waals surface area contributed by atoms with Gasteiger partial charge in [0.25, 0.3) is 0 Å². The molecule has 1 aromatic heterocycles. The van der Waals surface area contributed by atoms with Crippen LogP contribution in [0.5, 0.6) is 5.75 Å². The summed E-state index contributed by atoms with van der Waals surface area (Å²) in [5.41, 5.74) is 0.336. The van der Waals surface area contributed by atoms with Crippen LogP contribution in [0.1, 0.15) is 67.3 Å². The van der Waals surface area contributed by atoms with Gasteiger partial charge in [0, 0.05) is 24.2 Å². The molecule has 3 aromatic carbocycles. The molecule has 0 atom stereocenters. The van der Waals surface area contributed by atoms with Crippen molar-refractivity contribution >= 4 is 10.9 Å². The van der Waals surface area contributed by atoms with E-state index in [1.807, 2.05) is 6.07 Å². The van der Waals surface area contributed by atoms with E-state index in [4.69, 9.17) is 4.74 Å².